The molecular formula is C19H29F3N4O. The minimum absolute atomic E-state index is 0.0396. The molecule has 152 valence electrons. The number of guanidine groups is 1. The first-order valence-corrected chi connectivity index (χ1v) is 9.37. The van der Waals surface area contributed by atoms with Gasteiger partial charge in [0.2, 0.25) is 0 Å². The number of hydrogen-bond donors (Lipinski definition) is 2. The molecule has 0 radical (unpaired) electrons. The van der Waals surface area contributed by atoms with Gasteiger partial charge in [0.15, 0.2) is 5.96 Å². The number of benzene rings is 1. The molecule has 1 atom stereocenters. The molecule has 2 rings (SSSR count). The predicted molar refractivity (Wildman–Crippen MR) is 101 cm³/mol. The predicted octanol–water partition coefficient (Wildman–Crippen LogP) is 3.17. The number of rotatable bonds is 8. The van der Waals surface area contributed by atoms with Crippen LogP contribution < -0.4 is 15.4 Å². The lowest BCUT2D eigenvalue weighted by atomic mass is 10.2. The number of aliphatic imine (C=N–C) groups is 1. The summed E-state index contributed by atoms with van der Waals surface area (Å²) in [5, 5.41) is 6.42. The molecule has 0 aliphatic carbocycles. The molecule has 0 bridgehead atoms. The van der Waals surface area contributed by atoms with Crippen molar-refractivity contribution in [3.05, 3.63) is 29.8 Å². The molecule has 0 amide bonds. The van der Waals surface area contributed by atoms with Gasteiger partial charge in [-0.15, -0.1) is 0 Å². The second-order valence-electron chi connectivity index (χ2n) is 6.76. The van der Waals surface area contributed by atoms with E-state index in [1.54, 1.807) is 7.05 Å². The Morgan fingerprint density at radius 2 is 2.19 bits per heavy atom. The Morgan fingerprint density at radius 1 is 1.37 bits per heavy atom. The molecule has 2 N–H and O–H groups in total. The molecule has 8 heteroatoms. The van der Waals surface area contributed by atoms with Crippen molar-refractivity contribution in [3.63, 3.8) is 0 Å². The van der Waals surface area contributed by atoms with Crippen molar-refractivity contribution in [2.75, 3.05) is 33.3 Å². The molecule has 1 saturated heterocycles. The highest BCUT2D eigenvalue weighted by Crippen LogP contribution is 2.20. The zero-order chi connectivity index (χ0) is 19.7. The highest BCUT2D eigenvalue weighted by molar-refractivity contribution is 5.80. The van der Waals surface area contributed by atoms with Gasteiger partial charge < -0.3 is 15.4 Å². The van der Waals surface area contributed by atoms with Gasteiger partial charge >= 0.3 is 6.18 Å². The summed E-state index contributed by atoms with van der Waals surface area (Å²) in [6, 6.07) is 7.81. The maximum absolute atomic E-state index is 12.5. The van der Waals surface area contributed by atoms with Crippen molar-refractivity contribution in [1.82, 2.24) is 15.5 Å². The van der Waals surface area contributed by atoms with E-state index in [1.165, 1.54) is 4.90 Å². The van der Waals surface area contributed by atoms with Crippen LogP contribution in [-0.2, 0) is 6.54 Å². The van der Waals surface area contributed by atoms with Gasteiger partial charge in [-0.3, -0.25) is 9.89 Å². The lowest BCUT2D eigenvalue weighted by molar-refractivity contribution is -0.143. The van der Waals surface area contributed by atoms with Gasteiger partial charge in [0.25, 0.3) is 0 Å². The fraction of sp³-hybridized carbons (Fsp3) is 0.632. The molecule has 1 unspecified atom stereocenters. The molecular weight excluding hydrogens is 357 g/mol. The quantitative estimate of drug-likeness (QED) is 0.409. The summed E-state index contributed by atoms with van der Waals surface area (Å²) in [5.41, 5.74) is 1.05. The topological polar surface area (TPSA) is 48.9 Å². The van der Waals surface area contributed by atoms with E-state index in [0.717, 1.165) is 24.2 Å². The highest BCUT2D eigenvalue weighted by atomic mass is 19.4. The molecule has 1 aromatic rings. The van der Waals surface area contributed by atoms with E-state index in [4.69, 9.17) is 4.74 Å². The Hall–Kier alpha value is -1.96. The lowest BCUT2D eigenvalue weighted by Gasteiger charge is -2.20. The van der Waals surface area contributed by atoms with Gasteiger partial charge in [-0.25, -0.2) is 0 Å². The summed E-state index contributed by atoms with van der Waals surface area (Å²) in [6.07, 6.45) is -1.38. The van der Waals surface area contributed by atoms with Crippen LogP contribution in [0.4, 0.5) is 13.2 Å². The lowest BCUT2D eigenvalue weighted by Crippen LogP contribution is -2.44. The number of alkyl halides is 3. The van der Waals surface area contributed by atoms with Crippen LogP contribution in [0.15, 0.2) is 29.3 Å². The van der Waals surface area contributed by atoms with E-state index in [9.17, 15) is 13.2 Å². The van der Waals surface area contributed by atoms with Gasteiger partial charge in [-0.05, 0) is 30.5 Å². The Labute approximate surface area is 159 Å². The molecule has 1 aliphatic heterocycles. The molecule has 1 aromatic carbocycles. The molecule has 0 saturated carbocycles. The molecule has 0 aromatic heterocycles. The van der Waals surface area contributed by atoms with Crippen LogP contribution in [0.5, 0.6) is 5.75 Å². The Bertz CT molecular complexity index is 607. The highest BCUT2D eigenvalue weighted by Gasteiger charge is 2.34. The second-order valence-corrected chi connectivity index (χ2v) is 6.76. The summed E-state index contributed by atoms with van der Waals surface area (Å²) >= 11 is 0. The van der Waals surface area contributed by atoms with Crippen molar-refractivity contribution in [1.29, 1.82) is 0 Å². The van der Waals surface area contributed by atoms with Gasteiger partial charge in [-0.2, -0.15) is 13.2 Å². The minimum Gasteiger partial charge on any atom is -0.494 e. The van der Waals surface area contributed by atoms with Crippen LogP contribution in [0.3, 0.4) is 0 Å². The number of nitrogens with one attached hydrogen (secondary N) is 2. The van der Waals surface area contributed by atoms with E-state index >= 15 is 0 Å². The summed E-state index contributed by atoms with van der Waals surface area (Å²) in [7, 11) is 1.65. The third kappa shape index (κ3) is 8.07. The van der Waals surface area contributed by atoms with E-state index in [0.29, 0.717) is 38.6 Å². The van der Waals surface area contributed by atoms with Crippen LogP contribution in [0, 0.1) is 0 Å². The van der Waals surface area contributed by atoms with E-state index in [-0.39, 0.29) is 6.04 Å². The first-order valence-electron chi connectivity index (χ1n) is 9.37. The number of ether oxygens (including phenoxy) is 1. The van der Waals surface area contributed by atoms with Crippen LogP contribution in [-0.4, -0.2) is 56.4 Å². The molecule has 5 nitrogen and oxygen atoms in total. The maximum atomic E-state index is 12.5. The van der Waals surface area contributed by atoms with Crippen molar-refractivity contribution in [3.8, 4) is 5.75 Å². The fourth-order valence-corrected chi connectivity index (χ4v) is 3.00. The first kappa shape index (κ1) is 21.3. The Morgan fingerprint density at radius 3 is 2.89 bits per heavy atom. The van der Waals surface area contributed by atoms with E-state index < -0.39 is 12.7 Å². The van der Waals surface area contributed by atoms with Crippen molar-refractivity contribution in [2.24, 2.45) is 4.99 Å². The summed E-state index contributed by atoms with van der Waals surface area (Å²) in [4.78, 5) is 5.59. The van der Waals surface area contributed by atoms with Crippen molar-refractivity contribution in [2.45, 2.75) is 44.9 Å². The number of likely N-dealkylation sites (tertiary alicyclic amines) is 1. The third-order valence-electron chi connectivity index (χ3n) is 4.36. The van der Waals surface area contributed by atoms with Crippen LogP contribution >= 0.6 is 0 Å². The fourth-order valence-electron chi connectivity index (χ4n) is 3.00. The standard InChI is InChI=1S/C19H29F3N4O/c1-3-4-10-27-17-7-5-6-15(11-17)12-24-18(23-2)25-16-8-9-26(13-16)14-19(20,21)22/h5-7,11,16H,3-4,8-10,12-14H2,1-2H3,(H2,23,24,25). The number of unbranched alkanes of at least 4 members (excludes halogenated alkanes) is 1. The van der Waals surface area contributed by atoms with Gasteiger partial charge in [0.1, 0.15) is 5.75 Å². The smallest absolute Gasteiger partial charge is 0.401 e. The van der Waals surface area contributed by atoms with Crippen LogP contribution in [0.2, 0.25) is 0 Å². The molecule has 1 heterocycles. The van der Waals surface area contributed by atoms with Crippen LogP contribution in [0.25, 0.3) is 0 Å². The second kappa shape index (κ2) is 10.4. The molecule has 27 heavy (non-hydrogen) atoms. The third-order valence-corrected chi connectivity index (χ3v) is 4.36. The number of hydrogen-bond acceptors (Lipinski definition) is 3. The molecule has 1 aliphatic rings. The maximum Gasteiger partial charge on any atom is 0.401 e. The van der Waals surface area contributed by atoms with E-state index in [2.05, 4.69) is 22.5 Å². The monoisotopic (exact) mass is 386 g/mol. The average molecular weight is 386 g/mol. The van der Waals surface area contributed by atoms with Gasteiger partial charge in [0.05, 0.1) is 13.2 Å². The summed E-state index contributed by atoms with van der Waals surface area (Å²) in [6.45, 7) is 3.32. The largest absolute Gasteiger partial charge is 0.494 e. The zero-order valence-electron chi connectivity index (χ0n) is 16.0. The molecule has 0 spiro atoms. The van der Waals surface area contributed by atoms with Crippen molar-refractivity contribution >= 4 is 5.96 Å². The Kier molecular flexibility index (Phi) is 8.22. The van der Waals surface area contributed by atoms with Gasteiger partial charge in [0, 0.05) is 32.7 Å². The minimum atomic E-state index is -4.15. The average Bonchev–Trinajstić information content (AvgIpc) is 3.04. The summed E-state index contributed by atoms with van der Waals surface area (Å²) in [5.74, 6) is 1.43. The normalized spacial score (nSPS) is 18.6. The SMILES string of the molecule is CCCCOc1cccc(CNC(=NC)NC2CCN(CC(F)(F)F)C2)c1. The molecule has 1 fully saturated rings. The van der Waals surface area contributed by atoms with Crippen molar-refractivity contribution < 1.29 is 17.9 Å². The van der Waals surface area contributed by atoms with E-state index in [1.807, 2.05) is 24.3 Å². The number of nitrogens with zero attached hydrogens (tertiary/aromatic N) is 2. The van der Waals surface area contributed by atoms with Gasteiger partial charge in [-0.1, -0.05) is 25.5 Å². The number of halogens is 3. The summed E-state index contributed by atoms with van der Waals surface area (Å²) < 4.78 is 43.2. The Balaban J connectivity index is 1.78. The zero-order valence-corrected chi connectivity index (χ0v) is 16.0. The first-order chi connectivity index (χ1) is 12.9. The van der Waals surface area contributed by atoms with Crippen LogP contribution in [0.1, 0.15) is 31.7 Å².